The van der Waals surface area contributed by atoms with Gasteiger partial charge >= 0.3 is 5.69 Å². The number of nitro groups is 1. The molecule has 0 spiro atoms. The van der Waals surface area contributed by atoms with Gasteiger partial charge in [0.1, 0.15) is 4.21 Å². The van der Waals surface area contributed by atoms with Crippen molar-refractivity contribution in [3.63, 3.8) is 0 Å². The predicted octanol–water partition coefficient (Wildman–Crippen LogP) is 2.05. The van der Waals surface area contributed by atoms with Gasteiger partial charge in [-0.2, -0.15) is 4.31 Å². The largest absolute Gasteiger partial charge is 0.385 e. The molecule has 1 unspecified atom stereocenters. The number of hydrogen-bond acceptors (Lipinski definition) is 6. The minimum absolute atomic E-state index is 0.0952. The second-order valence-electron chi connectivity index (χ2n) is 4.23. The van der Waals surface area contributed by atoms with E-state index in [0.717, 1.165) is 30.2 Å². The summed E-state index contributed by atoms with van der Waals surface area (Å²) in [7, 11) is -2.26. The lowest BCUT2D eigenvalue weighted by Crippen LogP contribution is -2.34. The second kappa shape index (κ2) is 5.85. The molecule has 1 aromatic rings. The van der Waals surface area contributed by atoms with Crippen LogP contribution in [0, 0.1) is 10.1 Å². The first-order chi connectivity index (χ1) is 8.71. The normalized spacial score (nSPS) is 13.7. The molecule has 0 saturated heterocycles. The molecule has 0 fully saturated rings. The monoisotopic (exact) mass is 307 g/mol. The quantitative estimate of drug-likeness (QED) is 0.639. The molecule has 0 saturated carbocycles. The molecule has 1 rings (SSSR count). The number of rotatable bonds is 6. The van der Waals surface area contributed by atoms with Crippen LogP contribution in [0.1, 0.15) is 26.7 Å². The van der Waals surface area contributed by atoms with E-state index in [9.17, 15) is 18.5 Å². The van der Waals surface area contributed by atoms with Crippen LogP contribution >= 0.6 is 11.3 Å². The number of hydrogen-bond donors (Lipinski definition) is 1. The molecule has 9 heteroatoms. The Labute approximate surface area is 116 Å². The fraction of sp³-hybridized carbons (Fsp3) is 0.600. The Hall–Kier alpha value is -1.19. The Bertz CT molecular complexity index is 567. The summed E-state index contributed by atoms with van der Waals surface area (Å²) < 4.78 is 25.7. The predicted molar refractivity (Wildman–Crippen MR) is 74.7 cm³/mol. The molecule has 0 aliphatic heterocycles. The van der Waals surface area contributed by atoms with E-state index in [1.807, 2.05) is 6.92 Å². The van der Waals surface area contributed by atoms with E-state index in [0.29, 0.717) is 0 Å². The first-order valence-corrected chi connectivity index (χ1v) is 7.99. The second-order valence-corrected chi connectivity index (χ2v) is 7.54. The highest BCUT2D eigenvalue weighted by Gasteiger charge is 2.30. The lowest BCUT2D eigenvalue weighted by Gasteiger charge is -2.22. The van der Waals surface area contributed by atoms with E-state index < -0.39 is 14.9 Å². The van der Waals surface area contributed by atoms with Crippen LogP contribution in [0.3, 0.4) is 0 Å². The fourth-order valence-corrected chi connectivity index (χ4v) is 4.41. The van der Waals surface area contributed by atoms with Gasteiger partial charge in [-0.1, -0.05) is 24.7 Å². The van der Waals surface area contributed by atoms with E-state index in [2.05, 4.69) is 0 Å². The van der Waals surface area contributed by atoms with Crippen LogP contribution in [-0.2, 0) is 10.0 Å². The van der Waals surface area contributed by atoms with E-state index in [1.165, 1.54) is 11.4 Å². The Morgan fingerprint density at radius 2 is 2.16 bits per heavy atom. The van der Waals surface area contributed by atoms with Crippen molar-refractivity contribution in [2.45, 2.75) is 36.9 Å². The minimum atomic E-state index is -3.73. The Kier molecular flexibility index (Phi) is 4.88. The molecule has 19 heavy (non-hydrogen) atoms. The molecule has 0 aromatic carbocycles. The summed E-state index contributed by atoms with van der Waals surface area (Å²) >= 11 is 0.720. The average Bonchev–Trinajstić information content (AvgIpc) is 2.71. The molecule has 2 N–H and O–H groups in total. The Morgan fingerprint density at radius 3 is 2.58 bits per heavy atom. The summed E-state index contributed by atoms with van der Waals surface area (Å²) in [6.45, 7) is 3.76. The number of anilines is 1. The van der Waals surface area contributed by atoms with Crippen LogP contribution in [-0.4, -0.2) is 30.7 Å². The van der Waals surface area contributed by atoms with Crippen molar-refractivity contribution in [2.75, 3.05) is 12.8 Å². The molecular formula is C10H17N3O4S2. The van der Waals surface area contributed by atoms with Gasteiger partial charge in [0.2, 0.25) is 0 Å². The van der Waals surface area contributed by atoms with E-state index in [-0.39, 0.29) is 20.9 Å². The summed E-state index contributed by atoms with van der Waals surface area (Å²) in [5, 5.41) is 10.6. The zero-order valence-corrected chi connectivity index (χ0v) is 12.6. The van der Waals surface area contributed by atoms with Crippen LogP contribution < -0.4 is 5.73 Å². The highest BCUT2D eigenvalue weighted by Crippen LogP contribution is 2.36. The van der Waals surface area contributed by atoms with E-state index >= 15 is 0 Å². The van der Waals surface area contributed by atoms with Crippen molar-refractivity contribution in [3.8, 4) is 0 Å². The van der Waals surface area contributed by atoms with E-state index in [4.69, 9.17) is 5.73 Å². The van der Waals surface area contributed by atoms with Crippen molar-refractivity contribution in [1.29, 1.82) is 0 Å². The standard InChI is InChI=1S/C10H17N3O4S2/c1-4-5-7(2)12(3)19(16,17)9-6-8(13(14)15)10(11)18-9/h6-7H,4-5,11H2,1-3H3. The van der Waals surface area contributed by atoms with Crippen LogP contribution in [0.15, 0.2) is 10.3 Å². The van der Waals surface area contributed by atoms with Gasteiger partial charge in [0.05, 0.1) is 4.92 Å². The summed E-state index contributed by atoms with van der Waals surface area (Å²) in [6, 6.07) is 0.849. The molecule has 1 heterocycles. The maximum absolute atomic E-state index is 12.3. The SMILES string of the molecule is CCCC(C)N(C)S(=O)(=O)c1cc([N+](=O)[O-])c(N)s1. The molecule has 0 aliphatic rings. The zero-order valence-electron chi connectivity index (χ0n) is 11.0. The molecule has 1 aromatic heterocycles. The summed E-state index contributed by atoms with van der Waals surface area (Å²) in [6.07, 6.45) is 1.58. The van der Waals surface area contributed by atoms with Gasteiger partial charge in [-0.05, 0) is 13.3 Å². The lowest BCUT2D eigenvalue weighted by atomic mass is 10.2. The van der Waals surface area contributed by atoms with Crippen LogP contribution in [0.4, 0.5) is 10.7 Å². The van der Waals surface area contributed by atoms with Crippen LogP contribution in [0.25, 0.3) is 0 Å². The van der Waals surface area contributed by atoms with Crippen molar-refractivity contribution in [2.24, 2.45) is 0 Å². The molecule has 0 amide bonds. The molecule has 0 bridgehead atoms. The Morgan fingerprint density at radius 1 is 1.58 bits per heavy atom. The highest BCUT2D eigenvalue weighted by molar-refractivity contribution is 7.91. The van der Waals surface area contributed by atoms with Crippen molar-refractivity contribution < 1.29 is 13.3 Å². The fourth-order valence-electron chi connectivity index (χ4n) is 1.62. The smallest absolute Gasteiger partial charge is 0.304 e. The Balaban J connectivity index is 3.13. The first kappa shape index (κ1) is 15.9. The average molecular weight is 307 g/mol. The van der Waals surface area contributed by atoms with Gasteiger partial charge < -0.3 is 5.73 Å². The topological polar surface area (TPSA) is 107 Å². The number of thiophene rings is 1. The third kappa shape index (κ3) is 3.23. The number of nitrogens with zero attached hydrogens (tertiary/aromatic N) is 2. The van der Waals surface area contributed by atoms with Crippen LogP contribution in [0.2, 0.25) is 0 Å². The minimum Gasteiger partial charge on any atom is -0.385 e. The maximum Gasteiger partial charge on any atom is 0.304 e. The van der Waals surface area contributed by atoms with Gasteiger partial charge in [-0.15, -0.1) is 0 Å². The van der Waals surface area contributed by atoms with Gasteiger partial charge in [-0.25, -0.2) is 8.42 Å². The molecule has 108 valence electrons. The highest BCUT2D eigenvalue weighted by atomic mass is 32.2. The molecule has 0 aliphatic carbocycles. The van der Waals surface area contributed by atoms with Gasteiger partial charge in [0.25, 0.3) is 10.0 Å². The molecule has 7 nitrogen and oxygen atoms in total. The summed E-state index contributed by atoms with van der Waals surface area (Å²) in [5.41, 5.74) is 5.11. The number of nitrogen functional groups attached to an aromatic ring is 1. The number of sulfonamides is 1. The summed E-state index contributed by atoms with van der Waals surface area (Å²) in [5.74, 6) is 0. The zero-order chi connectivity index (χ0) is 14.8. The maximum atomic E-state index is 12.3. The van der Waals surface area contributed by atoms with Crippen molar-refractivity contribution in [3.05, 3.63) is 16.2 Å². The van der Waals surface area contributed by atoms with Crippen LogP contribution in [0.5, 0.6) is 0 Å². The molecule has 0 radical (unpaired) electrons. The third-order valence-corrected chi connectivity index (χ3v) is 6.25. The van der Waals surface area contributed by atoms with E-state index in [1.54, 1.807) is 6.92 Å². The van der Waals surface area contributed by atoms with Crippen molar-refractivity contribution >= 4 is 32.0 Å². The van der Waals surface area contributed by atoms with Gasteiger partial charge in [0.15, 0.2) is 5.00 Å². The molecule has 1 atom stereocenters. The summed E-state index contributed by atoms with van der Waals surface area (Å²) in [4.78, 5) is 10.0. The number of nitrogens with two attached hydrogens (primary N) is 1. The lowest BCUT2D eigenvalue weighted by molar-refractivity contribution is -0.383. The van der Waals surface area contributed by atoms with Gasteiger partial charge in [-0.3, -0.25) is 10.1 Å². The third-order valence-electron chi connectivity index (χ3n) is 2.87. The van der Waals surface area contributed by atoms with Crippen molar-refractivity contribution in [1.82, 2.24) is 4.31 Å². The first-order valence-electron chi connectivity index (χ1n) is 5.73. The molecular weight excluding hydrogens is 290 g/mol. The van der Waals surface area contributed by atoms with Gasteiger partial charge in [0, 0.05) is 19.2 Å².